The number of benzene rings is 9. The predicted octanol–water partition coefficient (Wildman–Crippen LogP) is 17.8. The van der Waals surface area contributed by atoms with Crippen LogP contribution in [0.15, 0.2) is 146 Å². The van der Waals surface area contributed by atoms with E-state index in [0.29, 0.717) is 0 Å². The molecule has 9 rings (SSSR count). The minimum absolute atomic E-state index is 1.09. The number of rotatable bonds is 16. The second-order valence-electron chi connectivity index (χ2n) is 17.3. The molecular formula is C60H60. The molecule has 0 bridgehead atoms. The van der Waals surface area contributed by atoms with Gasteiger partial charge in [0, 0.05) is 0 Å². The van der Waals surface area contributed by atoms with E-state index in [4.69, 9.17) is 0 Å². The highest BCUT2D eigenvalue weighted by Gasteiger charge is 2.21. The van der Waals surface area contributed by atoms with Crippen molar-refractivity contribution in [2.45, 2.75) is 105 Å². The first-order valence-electron chi connectivity index (χ1n) is 23.2. The predicted molar refractivity (Wildman–Crippen MR) is 264 cm³/mol. The van der Waals surface area contributed by atoms with Crippen molar-refractivity contribution >= 4 is 43.1 Å². The van der Waals surface area contributed by atoms with Gasteiger partial charge in [0.1, 0.15) is 0 Å². The lowest BCUT2D eigenvalue weighted by Gasteiger charge is -2.21. The minimum atomic E-state index is 1.09. The molecule has 0 saturated heterocycles. The molecule has 0 nitrogen and oxygen atoms in total. The highest BCUT2D eigenvalue weighted by atomic mass is 14.2. The summed E-state index contributed by atoms with van der Waals surface area (Å²) in [5.41, 5.74) is 16.5. The largest absolute Gasteiger partial charge is 0.0654 e. The van der Waals surface area contributed by atoms with Gasteiger partial charge in [0.15, 0.2) is 0 Å². The number of unbranched alkanes of at least 4 members (excludes halogenated alkanes) is 4. The van der Waals surface area contributed by atoms with E-state index in [-0.39, 0.29) is 0 Å². The van der Waals surface area contributed by atoms with Gasteiger partial charge in [0.25, 0.3) is 0 Å². The average molecular weight is 781 g/mol. The first kappa shape index (κ1) is 39.7. The van der Waals surface area contributed by atoms with Crippen LogP contribution in [0.5, 0.6) is 0 Å². The monoisotopic (exact) mass is 780 g/mol. The zero-order valence-electron chi connectivity index (χ0n) is 36.3. The van der Waals surface area contributed by atoms with Gasteiger partial charge in [-0.25, -0.2) is 0 Å². The van der Waals surface area contributed by atoms with Crippen LogP contribution in [0.2, 0.25) is 0 Å². The lowest BCUT2D eigenvalue weighted by molar-refractivity contribution is 0.796. The SMILES string of the molecule is CCCCc1ccccc1-c1cc2cc(-c3ccccc3CCCC)cc3c4cc(-c5ccccc5CCCC)cc5cc(-c6ccccc6CCCC)cc(c(c1)c23)c54. The smallest absolute Gasteiger partial charge is 0.00255 e. The van der Waals surface area contributed by atoms with Gasteiger partial charge in [0.05, 0.1) is 0 Å². The summed E-state index contributed by atoms with van der Waals surface area (Å²) in [5, 5.41) is 10.8. The van der Waals surface area contributed by atoms with E-state index in [1.165, 1.54) is 161 Å². The fraction of sp³-hybridized carbons (Fsp3) is 0.267. The molecule has 0 N–H and O–H groups in total. The maximum Gasteiger partial charge on any atom is -0.00255 e. The Balaban J connectivity index is 1.43. The summed E-state index contributed by atoms with van der Waals surface area (Å²) < 4.78 is 0. The van der Waals surface area contributed by atoms with Crippen LogP contribution >= 0.6 is 0 Å². The molecule has 0 unspecified atom stereocenters. The Morgan fingerprint density at radius 1 is 0.283 bits per heavy atom. The second-order valence-corrected chi connectivity index (χ2v) is 17.3. The standard InChI is InChI=1S/C60H60/c1-5-9-21-41-25-13-17-29-51(41)45-33-49-34-46(52-30-18-14-26-42(52)22-10-6-2)39-57-58-40-48(54-32-20-16-28-44(54)24-12-8-4)36-50-35-47(38-56(60(50)58)55(37-45)59(49)57)53-31-19-15-27-43(53)23-11-7-3/h13-20,25-40H,5-12,21-24H2,1-4H3. The van der Waals surface area contributed by atoms with E-state index < -0.39 is 0 Å². The molecule has 0 aromatic heterocycles. The molecule has 9 aromatic rings. The zero-order valence-corrected chi connectivity index (χ0v) is 36.3. The van der Waals surface area contributed by atoms with Crippen molar-refractivity contribution in [3.05, 3.63) is 168 Å². The van der Waals surface area contributed by atoms with Crippen LogP contribution in [0.4, 0.5) is 0 Å². The van der Waals surface area contributed by atoms with Crippen LogP contribution in [0, 0.1) is 0 Å². The molecular weight excluding hydrogens is 721 g/mol. The maximum absolute atomic E-state index is 2.55. The molecule has 0 heterocycles. The fourth-order valence-electron chi connectivity index (χ4n) is 10.1. The molecule has 300 valence electrons. The summed E-state index contributed by atoms with van der Waals surface area (Å²) in [6.45, 7) is 9.20. The third-order valence-electron chi connectivity index (χ3n) is 13.2. The molecule has 0 aliphatic rings. The van der Waals surface area contributed by atoms with Gasteiger partial charge in [-0.05, 0) is 210 Å². The van der Waals surface area contributed by atoms with E-state index in [1.807, 2.05) is 0 Å². The van der Waals surface area contributed by atoms with Crippen molar-refractivity contribution in [2.24, 2.45) is 0 Å². The van der Waals surface area contributed by atoms with Gasteiger partial charge >= 0.3 is 0 Å². The van der Waals surface area contributed by atoms with Crippen LogP contribution in [-0.2, 0) is 25.7 Å². The first-order chi connectivity index (χ1) is 29.6. The zero-order chi connectivity index (χ0) is 41.0. The van der Waals surface area contributed by atoms with E-state index in [1.54, 1.807) is 0 Å². The Morgan fingerprint density at radius 2 is 0.517 bits per heavy atom. The summed E-state index contributed by atoms with van der Waals surface area (Å²) in [4.78, 5) is 0. The summed E-state index contributed by atoms with van der Waals surface area (Å²) in [6, 6.07) is 56.9. The maximum atomic E-state index is 2.55. The third kappa shape index (κ3) is 7.62. The van der Waals surface area contributed by atoms with Gasteiger partial charge < -0.3 is 0 Å². The molecule has 0 radical (unpaired) electrons. The molecule has 0 fully saturated rings. The van der Waals surface area contributed by atoms with Gasteiger partial charge in [-0.15, -0.1) is 0 Å². The molecule has 0 aliphatic heterocycles. The van der Waals surface area contributed by atoms with Crippen molar-refractivity contribution in [1.82, 2.24) is 0 Å². The van der Waals surface area contributed by atoms with Crippen molar-refractivity contribution in [3.8, 4) is 44.5 Å². The normalized spacial score (nSPS) is 11.8. The Kier molecular flexibility index (Phi) is 11.8. The summed E-state index contributed by atoms with van der Waals surface area (Å²) in [7, 11) is 0. The highest BCUT2D eigenvalue weighted by Crippen LogP contribution is 2.48. The van der Waals surface area contributed by atoms with E-state index >= 15 is 0 Å². The van der Waals surface area contributed by atoms with Crippen molar-refractivity contribution in [1.29, 1.82) is 0 Å². The van der Waals surface area contributed by atoms with E-state index in [9.17, 15) is 0 Å². The lowest BCUT2D eigenvalue weighted by Crippen LogP contribution is -1.96. The van der Waals surface area contributed by atoms with Crippen molar-refractivity contribution in [3.63, 3.8) is 0 Å². The molecule has 0 atom stereocenters. The topological polar surface area (TPSA) is 0 Å². The quantitative estimate of drug-likeness (QED) is 0.0677. The van der Waals surface area contributed by atoms with E-state index in [2.05, 4.69) is 173 Å². The average Bonchev–Trinajstić information content (AvgIpc) is 3.30. The molecule has 0 aliphatic carbocycles. The minimum Gasteiger partial charge on any atom is -0.0654 e. The summed E-state index contributed by atoms with van der Waals surface area (Å²) in [6.07, 6.45) is 13.9. The Hall–Kier alpha value is -5.72. The van der Waals surface area contributed by atoms with Gasteiger partial charge in [-0.2, -0.15) is 0 Å². The second kappa shape index (κ2) is 17.9. The van der Waals surface area contributed by atoms with Crippen molar-refractivity contribution < 1.29 is 0 Å². The molecule has 9 aromatic carbocycles. The summed E-state index contributed by atoms with van der Waals surface area (Å²) >= 11 is 0. The number of aryl methyl sites for hydroxylation is 4. The summed E-state index contributed by atoms with van der Waals surface area (Å²) in [5.74, 6) is 0. The lowest BCUT2D eigenvalue weighted by atomic mass is 9.82. The van der Waals surface area contributed by atoms with Crippen LogP contribution in [-0.4, -0.2) is 0 Å². The van der Waals surface area contributed by atoms with Gasteiger partial charge in [-0.3, -0.25) is 0 Å². The molecule has 0 saturated carbocycles. The molecule has 0 heteroatoms. The Labute approximate surface area is 358 Å². The van der Waals surface area contributed by atoms with Crippen molar-refractivity contribution in [2.75, 3.05) is 0 Å². The Morgan fingerprint density at radius 3 is 0.750 bits per heavy atom. The highest BCUT2D eigenvalue weighted by molar-refractivity contribution is 6.35. The van der Waals surface area contributed by atoms with Gasteiger partial charge in [-0.1, -0.05) is 150 Å². The first-order valence-corrected chi connectivity index (χ1v) is 23.2. The van der Waals surface area contributed by atoms with Crippen LogP contribution in [0.25, 0.3) is 87.6 Å². The number of hydrogen-bond donors (Lipinski definition) is 0. The Bertz CT molecular complexity index is 2530. The van der Waals surface area contributed by atoms with Crippen LogP contribution < -0.4 is 0 Å². The van der Waals surface area contributed by atoms with Crippen LogP contribution in [0.3, 0.4) is 0 Å². The van der Waals surface area contributed by atoms with Crippen LogP contribution in [0.1, 0.15) is 101 Å². The number of fused-ring (bicyclic) bond motifs is 2. The molecule has 0 amide bonds. The molecule has 60 heavy (non-hydrogen) atoms. The van der Waals surface area contributed by atoms with E-state index in [0.717, 1.165) is 25.7 Å². The van der Waals surface area contributed by atoms with Gasteiger partial charge in [0.2, 0.25) is 0 Å². The molecule has 0 spiro atoms. The third-order valence-corrected chi connectivity index (χ3v) is 13.2. The number of hydrogen-bond acceptors (Lipinski definition) is 0. The fourth-order valence-corrected chi connectivity index (χ4v) is 10.1.